The molecular formula is C45H52F4N6O2Si. The molecule has 4 atom stereocenters. The minimum Gasteiger partial charge on any atom is -0.461 e. The van der Waals surface area contributed by atoms with Crippen molar-refractivity contribution in [2.45, 2.75) is 102 Å². The van der Waals surface area contributed by atoms with E-state index in [1.807, 2.05) is 4.90 Å². The molecule has 1 spiro atoms. The normalized spacial score (nSPS) is 25.8. The summed E-state index contributed by atoms with van der Waals surface area (Å²) >= 11 is 0. The maximum atomic E-state index is 17.6. The predicted molar refractivity (Wildman–Crippen MR) is 223 cm³/mol. The summed E-state index contributed by atoms with van der Waals surface area (Å²) in [6, 6.07) is 5.80. The van der Waals surface area contributed by atoms with Crippen LogP contribution in [0.2, 0.25) is 16.6 Å². The van der Waals surface area contributed by atoms with E-state index < -0.39 is 37.5 Å². The van der Waals surface area contributed by atoms with Crippen LogP contribution in [0, 0.1) is 34.4 Å². The number of benzene rings is 2. The van der Waals surface area contributed by atoms with Gasteiger partial charge in [0.25, 0.3) is 0 Å². The van der Waals surface area contributed by atoms with Crippen molar-refractivity contribution in [3.05, 3.63) is 59.6 Å². The molecule has 5 aliphatic rings. The zero-order valence-corrected chi connectivity index (χ0v) is 35.1. The van der Waals surface area contributed by atoms with Crippen LogP contribution in [0.1, 0.15) is 72.8 Å². The van der Waals surface area contributed by atoms with Gasteiger partial charge in [-0.05, 0) is 83.4 Å². The van der Waals surface area contributed by atoms with Gasteiger partial charge in [-0.25, -0.2) is 17.6 Å². The fourth-order valence-corrected chi connectivity index (χ4v) is 16.5. The lowest BCUT2D eigenvalue weighted by molar-refractivity contribution is 0.0649. The SMILES string of the molecule is CC(C)[Si](C#Cc1c(F)ccc2cc(N)cc(-c3ncc4c(N5CCOC[C@H]6[C@H](F)[C@H]65)nc(OC[C@]56C/C(=C/F)CN5CCC65CC5)nc4c3F)c12)(C(C)C)C(C)C. The molecule has 13 heteroatoms. The van der Waals surface area contributed by atoms with Gasteiger partial charge in [-0.1, -0.05) is 53.5 Å². The van der Waals surface area contributed by atoms with Gasteiger partial charge in [0.2, 0.25) is 0 Å². The first-order valence-corrected chi connectivity index (χ1v) is 23.0. The van der Waals surface area contributed by atoms with Gasteiger partial charge in [0.15, 0.2) is 5.82 Å². The smallest absolute Gasteiger partial charge is 0.319 e. The van der Waals surface area contributed by atoms with Crippen LogP contribution >= 0.6 is 0 Å². The standard InChI is InChI=1S/C45H52F4N6O2Si/c1-25(2)58(26(3)4,27(5)6)16-9-31-35(47)8-7-29-17-30(50)18-32(36(29)31)39-38(49)40-33(21-51-39)42(55-14-15-56-23-34-37(48)41(34)55)53-43(52-40)57-24-45-19-28(20-46)22-54(45)13-12-44(45)10-11-44/h7-8,17-18,20-21,25-27,34,37,41H,10-15,19,22-24,50H2,1-6H3/b28-20-/t34-,37-,41-,45-/m0/s1. The van der Waals surface area contributed by atoms with Crippen LogP contribution in [0.3, 0.4) is 0 Å². The number of hydrogen-bond donors (Lipinski definition) is 1. The average Bonchev–Trinajstić information content (AvgIpc) is 4.06. The van der Waals surface area contributed by atoms with Crippen LogP contribution in [0.4, 0.5) is 29.1 Å². The summed E-state index contributed by atoms with van der Waals surface area (Å²) in [5.41, 5.74) is 12.0. The topological polar surface area (TPSA) is 89.6 Å². The number of fused-ring (bicyclic) bond motifs is 5. The van der Waals surface area contributed by atoms with E-state index in [-0.39, 0.29) is 58.3 Å². The van der Waals surface area contributed by atoms with Crippen LogP contribution in [0.15, 0.2) is 42.4 Å². The second kappa shape index (κ2) is 14.2. The van der Waals surface area contributed by atoms with Crippen molar-refractivity contribution < 1.29 is 27.0 Å². The molecule has 0 bridgehead atoms. The summed E-state index contributed by atoms with van der Waals surface area (Å²) in [6.45, 7) is 15.7. The van der Waals surface area contributed by atoms with Gasteiger partial charge in [0, 0.05) is 41.8 Å². The fraction of sp³-hybridized carbons (Fsp3) is 0.533. The Labute approximate surface area is 338 Å². The monoisotopic (exact) mass is 812 g/mol. The van der Waals surface area contributed by atoms with Crippen molar-refractivity contribution in [1.82, 2.24) is 19.9 Å². The fourth-order valence-electron chi connectivity index (χ4n) is 11.3. The lowest BCUT2D eigenvalue weighted by atomic mass is 9.80. The largest absolute Gasteiger partial charge is 0.461 e. The van der Waals surface area contributed by atoms with Crippen molar-refractivity contribution in [3.63, 3.8) is 0 Å². The van der Waals surface area contributed by atoms with Gasteiger partial charge in [0.05, 0.1) is 42.1 Å². The number of nitrogens with two attached hydrogens (primary N) is 1. The van der Waals surface area contributed by atoms with E-state index in [9.17, 15) is 4.39 Å². The first-order chi connectivity index (χ1) is 27.7. The average molecular weight is 813 g/mol. The highest BCUT2D eigenvalue weighted by Gasteiger charge is 2.68. The maximum Gasteiger partial charge on any atom is 0.319 e. The number of halogens is 4. The molecule has 0 amide bonds. The van der Waals surface area contributed by atoms with Crippen LogP contribution in [-0.2, 0) is 4.74 Å². The highest BCUT2D eigenvalue weighted by molar-refractivity contribution is 6.90. The minimum absolute atomic E-state index is 0.0242. The molecule has 9 rings (SSSR count). The van der Waals surface area contributed by atoms with Gasteiger partial charge in [-0.2, -0.15) is 9.97 Å². The summed E-state index contributed by atoms with van der Waals surface area (Å²) in [7, 11) is -2.29. The number of rotatable bonds is 8. The summed E-state index contributed by atoms with van der Waals surface area (Å²) < 4.78 is 75.2. The van der Waals surface area contributed by atoms with E-state index in [2.05, 4.69) is 62.9 Å². The molecule has 3 saturated heterocycles. The van der Waals surface area contributed by atoms with E-state index in [0.29, 0.717) is 71.3 Å². The van der Waals surface area contributed by atoms with Crippen LogP contribution < -0.4 is 15.4 Å². The Morgan fingerprint density at radius 1 is 1.05 bits per heavy atom. The van der Waals surface area contributed by atoms with Gasteiger partial charge < -0.3 is 20.1 Å². The molecule has 3 aliphatic heterocycles. The number of anilines is 2. The number of hydrogen-bond acceptors (Lipinski definition) is 8. The zero-order chi connectivity index (χ0) is 40.9. The van der Waals surface area contributed by atoms with Gasteiger partial charge in [-0.3, -0.25) is 9.88 Å². The summed E-state index contributed by atoms with van der Waals surface area (Å²) in [4.78, 5) is 18.4. The summed E-state index contributed by atoms with van der Waals surface area (Å²) in [6.07, 6.45) is 4.71. The second-order valence-electron chi connectivity index (χ2n) is 18.3. The maximum absolute atomic E-state index is 17.6. The quantitative estimate of drug-likeness (QED) is 0.0816. The zero-order valence-electron chi connectivity index (χ0n) is 34.1. The van der Waals surface area contributed by atoms with Gasteiger partial charge >= 0.3 is 6.01 Å². The molecular weight excluding hydrogens is 761 g/mol. The molecule has 8 nitrogen and oxygen atoms in total. The molecule has 306 valence electrons. The van der Waals surface area contributed by atoms with Crippen molar-refractivity contribution in [1.29, 1.82) is 0 Å². The number of nitrogens with zero attached hydrogens (tertiary/aromatic N) is 5. The molecule has 2 saturated carbocycles. The van der Waals surface area contributed by atoms with E-state index in [0.717, 1.165) is 31.4 Å². The van der Waals surface area contributed by atoms with Crippen molar-refractivity contribution in [2.75, 3.05) is 50.1 Å². The number of alkyl halides is 1. The molecule has 0 unspecified atom stereocenters. The Hall–Kier alpha value is -4.25. The van der Waals surface area contributed by atoms with Crippen LogP contribution in [0.5, 0.6) is 6.01 Å². The lowest BCUT2D eigenvalue weighted by Crippen LogP contribution is -2.49. The first kappa shape index (κ1) is 39.2. The molecule has 0 radical (unpaired) electrons. The first-order valence-electron chi connectivity index (χ1n) is 20.8. The Morgan fingerprint density at radius 2 is 1.81 bits per heavy atom. The molecule has 4 aromatic rings. The molecule has 2 N–H and O–H groups in total. The molecule has 2 aromatic heterocycles. The van der Waals surface area contributed by atoms with E-state index in [1.165, 1.54) is 12.3 Å². The van der Waals surface area contributed by atoms with Gasteiger partial charge in [-0.15, -0.1) is 5.54 Å². The molecule has 2 aliphatic carbocycles. The highest BCUT2D eigenvalue weighted by atomic mass is 28.3. The summed E-state index contributed by atoms with van der Waals surface area (Å²) in [5.74, 6) is 1.99. The molecule has 2 aromatic carbocycles. The van der Waals surface area contributed by atoms with Crippen LogP contribution in [0.25, 0.3) is 32.9 Å². The molecule has 5 heterocycles. The second-order valence-corrected chi connectivity index (χ2v) is 23.9. The van der Waals surface area contributed by atoms with E-state index >= 15 is 13.2 Å². The Balaban J connectivity index is 1.21. The van der Waals surface area contributed by atoms with Crippen molar-refractivity contribution >= 4 is 41.3 Å². The number of ether oxygens (including phenoxy) is 2. The third-order valence-electron chi connectivity index (χ3n) is 14.5. The van der Waals surface area contributed by atoms with Crippen molar-refractivity contribution in [3.8, 4) is 28.7 Å². The Kier molecular flexibility index (Phi) is 9.60. The van der Waals surface area contributed by atoms with E-state index in [4.69, 9.17) is 25.2 Å². The van der Waals surface area contributed by atoms with Gasteiger partial charge in [0.1, 0.15) is 43.7 Å². The number of aromatic nitrogens is 3. The minimum atomic E-state index is -2.29. The summed E-state index contributed by atoms with van der Waals surface area (Å²) in [5, 5.41) is 1.31. The van der Waals surface area contributed by atoms with Crippen molar-refractivity contribution in [2.24, 2.45) is 11.3 Å². The van der Waals surface area contributed by atoms with E-state index in [1.54, 1.807) is 18.2 Å². The predicted octanol–water partition coefficient (Wildman–Crippen LogP) is 9.31. The third kappa shape index (κ3) is 5.94. The molecule has 5 fully saturated rings. The number of nitrogen functional groups attached to an aromatic ring is 1. The van der Waals surface area contributed by atoms with Crippen LogP contribution in [-0.4, -0.2) is 85.1 Å². The molecule has 58 heavy (non-hydrogen) atoms. The third-order valence-corrected chi connectivity index (χ3v) is 20.8. The lowest BCUT2D eigenvalue weighted by Gasteiger charge is -2.38. The highest BCUT2D eigenvalue weighted by Crippen LogP contribution is 2.66. The number of pyridine rings is 1. The Bertz CT molecular complexity index is 2390. The Morgan fingerprint density at radius 3 is 2.52 bits per heavy atom.